The van der Waals surface area contributed by atoms with Gasteiger partial charge in [0.05, 0.1) is 0 Å². The highest BCUT2D eigenvalue weighted by atomic mass is 35.5. The lowest BCUT2D eigenvalue weighted by atomic mass is 10.1. The van der Waals surface area contributed by atoms with Gasteiger partial charge in [-0.2, -0.15) is 0 Å². The lowest BCUT2D eigenvalue weighted by molar-refractivity contribution is 0.265. The smallest absolute Gasteiger partial charge is 0.0406 e. The molecular weight excluding hydrogens is 256 g/mol. The van der Waals surface area contributed by atoms with E-state index < -0.39 is 0 Å². The number of halogens is 1. The van der Waals surface area contributed by atoms with Crippen LogP contribution in [0.25, 0.3) is 0 Å². The second-order valence-electron chi connectivity index (χ2n) is 5.47. The molecule has 0 aromatic heterocycles. The summed E-state index contributed by atoms with van der Waals surface area (Å²) in [4.78, 5) is 2.61. The first-order chi connectivity index (χ1) is 9.28. The highest BCUT2D eigenvalue weighted by Gasteiger charge is 2.16. The van der Waals surface area contributed by atoms with Gasteiger partial charge in [0.25, 0.3) is 0 Å². The Kier molecular flexibility index (Phi) is 6.15. The molecule has 1 saturated heterocycles. The van der Waals surface area contributed by atoms with E-state index in [-0.39, 0.29) is 0 Å². The third kappa shape index (κ3) is 5.13. The van der Waals surface area contributed by atoms with Crippen LogP contribution in [0.3, 0.4) is 0 Å². The van der Waals surface area contributed by atoms with Crippen molar-refractivity contribution in [1.82, 2.24) is 10.2 Å². The largest absolute Gasteiger partial charge is 0.313 e. The molecule has 2 nitrogen and oxygen atoms in total. The van der Waals surface area contributed by atoms with Gasteiger partial charge in [0, 0.05) is 24.2 Å². The Hall–Kier alpha value is -0.570. The topological polar surface area (TPSA) is 15.3 Å². The molecule has 1 aromatic carbocycles. The third-order valence-electron chi connectivity index (χ3n) is 3.83. The van der Waals surface area contributed by atoms with Gasteiger partial charge in [-0.1, -0.05) is 37.1 Å². The van der Waals surface area contributed by atoms with Gasteiger partial charge in [-0.05, 0) is 50.0 Å². The van der Waals surface area contributed by atoms with Crippen LogP contribution < -0.4 is 5.32 Å². The number of hydrogen-bond acceptors (Lipinski definition) is 2. The Labute approximate surface area is 122 Å². The van der Waals surface area contributed by atoms with Crippen molar-refractivity contribution in [2.75, 3.05) is 26.2 Å². The molecule has 106 valence electrons. The standard InChI is InChI=1S/C16H25ClN2/c1-2-4-16-13-19(11-3-10-18-16)12-9-14-5-7-15(17)8-6-14/h5-8,16,18H,2-4,9-13H2,1H3. The van der Waals surface area contributed by atoms with Crippen LogP contribution in [0.4, 0.5) is 0 Å². The average Bonchev–Trinajstić information content (AvgIpc) is 2.64. The van der Waals surface area contributed by atoms with E-state index in [0.717, 1.165) is 18.0 Å². The summed E-state index contributed by atoms with van der Waals surface area (Å²) < 4.78 is 0. The highest BCUT2D eigenvalue weighted by Crippen LogP contribution is 2.11. The van der Waals surface area contributed by atoms with Crippen molar-refractivity contribution in [3.8, 4) is 0 Å². The molecule has 19 heavy (non-hydrogen) atoms. The first-order valence-corrected chi connectivity index (χ1v) is 7.86. The van der Waals surface area contributed by atoms with E-state index >= 15 is 0 Å². The van der Waals surface area contributed by atoms with Crippen LogP contribution in [-0.2, 0) is 6.42 Å². The second kappa shape index (κ2) is 7.88. The zero-order chi connectivity index (χ0) is 13.5. The SMILES string of the molecule is CCCC1CN(CCc2ccc(Cl)cc2)CCCN1. The van der Waals surface area contributed by atoms with Gasteiger partial charge < -0.3 is 10.2 Å². The molecule has 1 heterocycles. The maximum Gasteiger partial charge on any atom is 0.0406 e. The number of hydrogen-bond donors (Lipinski definition) is 1. The minimum atomic E-state index is 0.678. The summed E-state index contributed by atoms with van der Waals surface area (Å²) >= 11 is 5.92. The van der Waals surface area contributed by atoms with Crippen LogP contribution in [-0.4, -0.2) is 37.1 Å². The molecular formula is C16H25ClN2. The Morgan fingerprint density at radius 3 is 2.84 bits per heavy atom. The molecule has 0 radical (unpaired) electrons. The van der Waals surface area contributed by atoms with Crippen molar-refractivity contribution in [2.24, 2.45) is 0 Å². The van der Waals surface area contributed by atoms with E-state index in [0.29, 0.717) is 6.04 Å². The number of benzene rings is 1. The number of nitrogens with zero attached hydrogens (tertiary/aromatic N) is 1. The molecule has 1 fully saturated rings. The normalized spacial score (nSPS) is 21.3. The first kappa shape index (κ1) is 14.8. The Bertz CT molecular complexity index is 364. The van der Waals surface area contributed by atoms with E-state index in [1.54, 1.807) is 0 Å². The monoisotopic (exact) mass is 280 g/mol. The summed E-state index contributed by atoms with van der Waals surface area (Å²) in [5, 5.41) is 4.48. The number of rotatable bonds is 5. The van der Waals surface area contributed by atoms with Gasteiger partial charge in [0.15, 0.2) is 0 Å². The predicted octanol–water partition coefficient (Wildman–Crippen LogP) is 3.35. The Morgan fingerprint density at radius 2 is 2.11 bits per heavy atom. The van der Waals surface area contributed by atoms with E-state index in [9.17, 15) is 0 Å². The van der Waals surface area contributed by atoms with Gasteiger partial charge in [-0.3, -0.25) is 0 Å². The Morgan fingerprint density at radius 1 is 1.32 bits per heavy atom. The van der Waals surface area contributed by atoms with Crippen molar-refractivity contribution in [3.63, 3.8) is 0 Å². The molecule has 0 bridgehead atoms. The van der Waals surface area contributed by atoms with Crippen molar-refractivity contribution >= 4 is 11.6 Å². The fourth-order valence-electron chi connectivity index (χ4n) is 2.76. The molecule has 1 unspecified atom stereocenters. The first-order valence-electron chi connectivity index (χ1n) is 7.48. The Balaban J connectivity index is 1.81. The van der Waals surface area contributed by atoms with Crippen LogP contribution in [0.1, 0.15) is 31.7 Å². The van der Waals surface area contributed by atoms with Gasteiger partial charge in [0.2, 0.25) is 0 Å². The van der Waals surface area contributed by atoms with Gasteiger partial charge in [0.1, 0.15) is 0 Å². The summed E-state index contributed by atoms with van der Waals surface area (Å²) in [6.07, 6.45) is 4.94. The van der Waals surface area contributed by atoms with Crippen molar-refractivity contribution in [1.29, 1.82) is 0 Å². The second-order valence-corrected chi connectivity index (χ2v) is 5.91. The molecule has 1 atom stereocenters. The quantitative estimate of drug-likeness (QED) is 0.890. The molecule has 1 N–H and O–H groups in total. The molecule has 1 aliphatic rings. The summed E-state index contributed by atoms with van der Waals surface area (Å²) in [6.45, 7) is 7.01. The lowest BCUT2D eigenvalue weighted by Gasteiger charge is -2.24. The van der Waals surface area contributed by atoms with Crippen LogP contribution in [0.5, 0.6) is 0 Å². The van der Waals surface area contributed by atoms with E-state index in [1.807, 2.05) is 12.1 Å². The summed E-state index contributed by atoms with van der Waals surface area (Å²) in [7, 11) is 0. The molecule has 0 saturated carbocycles. The molecule has 0 spiro atoms. The minimum Gasteiger partial charge on any atom is -0.313 e. The summed E-state index contributed by atoms with van der Waals surface area (Å²) in [5.41, 5.74) is 1.38. The zero-order valence-corrected chi connectivity index (χ0v) is 12.6. The summed E-state index contributed by atoms with van der Waals surface area (Å²) in [6, 6.07) is 8.93. The minimum absolute atomic E-state index is 0.678. The molecule has 0 amide bonds. The fraction of sp³-hybridized carbons (Fsp3) is 0.625. The van der Waals surface area contributed by atoms with Gasteiger partial charge in [-0.15, -0.1) is 0 Å². The van der Waals surface area contributed by atoms with E-state index in [1.165, 1.54) is 44.5 Å². The van der Waals surface area contributed by atoms with Crippen LogP contribution in [0, 0.1) is 0 Å². The predicted molar refractivity (Wildman–Crippen MR) is 82.9 cm³/mol. The fourth-order valence-corrected chi connectivity index (χ4v) is 2.89. The molecule has 0 aliphatic carbocycles. The van der Waals surface area contributed by atoms with Crippen molar-refractivity contribution in [3.05, 3.63) is 34.9 Å². The van der Waals surface area contributed by atoms with E-state index in [4.69, 9.17) is 11.6 Å². The lowest BCUT2D eigenvalue weighted by Crippen LogP contribution is -2.38. The maximum atomic E-state index is 5.92. The van der Waals surface area contributed by atoms with Crippen LogP contribution >= 0.6 is 11.6 Å². The molecule has 1 aromatic rings. The molecule has 1 aliphatic heterocycles. The van der Waals surface area contributed by atoms with Crippen LogP contribution in [0.2, 0.25) is 5.02 Å². The van der Waals surface area contributed by atoms with Crippen molar-refractivity contribution < 1.29 is 0 Å². The van der Waals surface area contributed by atoms with E-state index in [2.05, 4.69) is 29.3 Å². The molecule has 3 heteroatoms. The van der Waals surface area contributed by atoms with Gasteiger partial charge in [-0.25, -0.2) is 0 Å². The average molecular weight is 281 g/mol. The van der Waals surface area contributed by atoms with Crippen LogP contribution in [0.15, 0.2) is 24.3 Å². The third-order valence-corrected chi connectivity index (χ3v) is 4.08. The van der Waals surface area contributed by atoms with Gasteiger partial charge >= 0.3 is 0 Å². The summed E-state index contributed by atoms with van der Waals surface area (Å²) in [5.74, 6) is 0. The zero-order valence-electron chi connectivity index (χ0n) is 11.9. The molecule has 2 rings (SSSR count). The number of nitrogens with one attached hydrogen (secondary N) is 1. The van der Waals surface area contributed by atoms with Crippen molar-refractivity contribution in [2.45, 2.75) is 38.6 Å². The highest BCUT2D eigenvalue weighted by molar-refractivity contribution is 6.30. The maximum absolute atomic E-state index is 5.92.